The highest BCUT2D eigenvalue weighted by Gasteiger charge is 2.23. The van der Waals surface area contributed by atoms with Crippen LogP contribution in [0.1, 0.15) is 40.5 Å². The lowest BCUT2D eigenvalue weighted by Gasteiger charge is -2.21. The summed E-state index contributed by atoms with van der Waals surface area (Å²) in [4.78, 5) is 11.5. The SMILES string of the molecule is CCC(CC)C(N)C(=O)C(C)C. The van der Waals surface area contributed by atoms with Crippen molar-refractivity contribution in [3.8, 4) is 0 Å². The van der Waals surface area contributed by atoms with E-state index in [4.69, 9.17) is 5.73 Å². The van der Waals surface area contributed by atoms with Crippen molar-refractivity contribution in [3.63, 3.8) is 0 Å². The van der Waals surface area contributed by atoms with Crippen molar-refractivity contribution < 1.29 is 4.79 Å². The Bertz CT molecular complexity index is 139. The molecule has 1 unspecified atom stereocenters. The average Bonchev–Trinajstić information content (AvgIpc) is 2.05. The van der Waals surface area contributed by atoms with Crippen LogP contribution in [0.4, 0.5) is 0 Å². The first-order valence-electron chi connectivity index (χ1n) is 4.83. The number of hydrogen-bond acceptors (Lipinski definition) is 2. The molecule has 0 saturated heterocycles. The summed E-state index contributed by atoms with van der Waals surface area (Å²) in [6.07, 6.45) is 1.99. The molecule has 0 rings (SSSR count). The smallest absolute Gasteiger partial charge is 0.152 e. The van der Waals surface area contributed by atoms with Crippen LogP contribution in [-0.2, 0) is 4.79 Å². The zero-order chi connectivity index (χ0) is 9.72. The van der Waals surface area contributed by atoms with E-state index in [1.807, 2.05) is 13.8 Å². The molecule has 0 aliphatic rings. The standard InChI is InChI=1S/C10H21NO/c1-5-8(6-2)9(11)10(12)7(3)4/h7-9H,5-6,11H2,1-4H3. The van der Waals surface area contributed by atoms with Crippen LogP contribution in [0, 0.1) is 11.8 Å². The lowest BCUT2D eigenvalue weighted by atomic mass is 9.88. The van der Waals surface area contributed by atoms with E-state index in [2.05, 4.69) is 13.8 Å². The normalized spacial score (nSPS) is 13.9. The molecule has 0 heterocycles. The Morgan fingerprint density at radius 2 is 1.67 bits per heavy atom. The maximum absolute atomic E-state index is 11.5. The van der Waals surface area contributed by atoms with E-state index in [1.54, 1.807) is 0 Å². The van der Waals surface area contributed by atoms with Gasteiger partial charge in [0, 0.05) is 5.92 Å². The fourth-order valence-corrected chi connectivity index (χ4v) is 1.41. The second-order valence-electron chi connectivity index (χ2n) is 3.66. The van der Waals surface area contributed by atoms with Gasteiger partial charge in [-0.1, -0.05) is 40.5 Å². The predicted octanol–water partition coefficient (Wildman–Crippen LogP) is 1.97. The molecule has 0 fully saturated rings. The molecule has 12 heavy (non-hydrogen) atoms. The van der Waals surface area contributed by atoms with Crippen LogP contribution < -0.4 is 5.73 Å². The minimum Gasteiger partial charge on any atom is -0.321 e. The van der Waals surface area contributed by atoms with Gasteiger partial charge in [-0.25, -0.2) is 0 Å². The van der Waals surface area contributed by atoms with Crippen LogP contribution >= 0.6 is 0 Å². The van der Waals surface area contributed by atoms with E-state index >= 15 is 0 Å². The van der Waals surface area contributed by atoms with E-state index in [9.17, 15) is 4.79 Å². The maximum Gasteiger partial charge on any atom is 0.152 e. The van der Waals surface area contributed by atoms with Crippen molar-refractivity contribution in [2.75, 3.05) is 0 Å². The molecular formula is C10H21NO. The van der Waals surface area contributed by atoms with Crippen LogP contribution in [0.3, 0.4) is 0 Å². The van der Waals surface area contributed by atoms with E-state index in [0.29, 0.717) is 5.92 Å². The predicted molar refractivity (Wildman–Crippen MR) is 51.9 cm³/mol. The summed E-state index contributed by atoms with van der Waals surface area (Å²) in [7, 11) is 0. The first kappa shape index (κ1) is 11.6. The fourth-order valence-electron chi connectivity index (χ4n) is 1.41. The van der Waals surface area contributed by atoms with E-state index < -0.39 is 0 Å². The lowest BCUT2D eigenvalue weighted by molar-refractivity contribution is -0.124. The highest BCUT2D eigenvalue weighted by atomic mass is 16.1. The monoisotopic (exact) mass is 171 g/mol. The third kappa shape index (κ3) is 2.94. The molecule has 0 radical (unpaired) electrons. The Kier molecular flexibility index (Phi) is 5.14. The van der Waals surface area contributed by atoms with Crippen molar-refractivity contribution >= 4 is 5.78 Å². The first-order chi connectivity index (χ1) is 5.54. The largest absolute Gasteiger partial charge is 0.321 e. The second-order valence-corrected chi connectivity index (χ2v) is 3.66. The van der Waals surface area contributed by atoms with Gasteiger partial charge in [0.05, 0.1) is 6.04 Å². The number of hydrogen-bond donors (Lipinski definition) is 1. The van der Waals surface area contributed by atoms with Gasteiger partial charge in [0.25, 0.3) is 0 Å². The van der Waals surface area contributed by atoms with Crippen LogP contribution in [0.15, 0.2) is 0 Å². The van der Waals surface area contributed by atoms with Crippen molar-refractivity contribution in [2.45, 2.75) is 46.6 Å². The minimum absolute atomic E-state index is 0.0700. The quantitative estimate of drug-likeness (QED) is 0.687. The summed E-state index contributed by atoms with van der Waals surface area (Å²) in [5, 5.41) is 0. The summed E-state index contributed by atoms with van der Waals surface area (Å²) < 4.78 is 0. The molecule has 1 atom stereocenters. The summed E-state index contributed by atoms with van der Waals surface area (Å²) >= 11 is 0. The zero-order valence-corrected chi connectivity index (χ0v) is 8.63. The number of nitrogens with two attached hydrogens (primary N) is 1. The fraction of sp³-hybridized carbons (Fsp3) is 0.900. The van der Waals surface area contributed by atoms with Crippen LogP contribution in [0.5, 0.6) is 0 Å². The Morgan fingerprint density at radius 3 is 1.92 bits per heavy atom. The third-order valence-corrected chi connectivity index (χ3v) is 2.45. The van der Waals surface area contributed by atoms with E-state index in [1.165, 1.54) is 0 Å². The average molecular weight is 171 g/mol. The van der Waals surface area contributed by atoms with Crippen LogP contribution in [-0.4, -0.2) is 11.8 Å². The van der Waals surface area contributed by atoms with E-state index in [-0.39, 0.29) is 17.7 Å². The summed E-state index contributed by atoms with van der Waals surface area (Å²) in [6, 6.07) is -0.250. The first-order valence-corrected chi connectivity index (χ1v) is 4.83. The number of Topliss-reactive ketones (excluding diaryl/α,β-unsaturated/α-hetero) is 1. The van der Waals surface area contributed by atoms with Crippen LogP contribution in [0.2, 0.25) is 0 Å². The van der Waals surface area contributed by atoms with Gasteiger partial charge in [-0.15, -0.1) is 0 Å². The van der Waals surface area contributed by atoms with Gasteiger partial charge >= 0.3 is 0 Å². The maximum atomic E-state index is 11.5. The molecular weight excluding hydrogens is 150 g/mol. The lowest BCUT2D eigenvalue weighted by Crippen LogP contribution is -2.40. The molecule has 2 N–H and O–H groups in total. The molecule has 0 saturated carbocycles. The molecule has 72 valence electrons. The highest BCUT2D eigenvalue weighted by molar-refractivity contribution is 5.85. The minimum atomic E-state index is -0.250. The summed E-state index contributed by atoms with van der Waals surface area (Å²) in [6.45, 7) is 7.98. The molecule has 0 amide bonds. The van der Waals surface area contributed by atoms with Crippen LogP contribution in [0.25, 0.3) is 0 Å². The van der Waals surface area contributed by atoms with Gasteiger partial charge in [-0.05, 0) is 5.92 Å². The number of carbonyl (C=O) groups excluding carboxylic acids is 1. The molecule has 0 aromatic carbocycles. The molecule has 0 bridgehead atoms. The van der Waals surface area contributed by atoms with Gasteiger partial charge in [0.2, 0.25) is 0 Å². The van der Waals surface area contributed by atoms with Gasteiger partial charge in [0.15, 0.2) is 5.78 Å². The Labute approximate surface area is 75.5 Å². The summed E-state index contributed by atoms with van der Waals surface area (Å²) in [5.41, 5.74) is 5.83. The molecule has 0 spiro atoms. The van der Waals surface area contributed by atoms with Crippen molar-refractivity contribution in [3.05, 3.63) is 0 Å². The molecule has 0 aliphatic carbocycles. The number of carbonyl (C=O) groups is 1. The third-order valence-electron chi connectivity index (χ3n) is 2.45. The van der Waals surface area contributed by atoms with Gasteiger partial charge < -0.3 is 5.73 Å². The van der Waals surface area contributed by atoms with Crippen molar-refractivity contribution in [1.29, 1.82) is 0 Å². The highest BCUT2D eigenvalue weighted by Crippen LogP contribution is 2.14. The topological polar surface area (TPSA) is 43.1 Å². The second kappa shape index (κ2) is 5.31. The number of rotatable bonds is 5. The van der Waals surface area contributed by atoms with Gasteiger partial charge in [-0.3, -0.25) is 4.79 Å². The Balaban J connectivity index is 4.15. The van der Waals surface area contributed by atoms with E-state index in [0.717, 1.165) is 12.8 Å². The van der Waals surface area contributed by atoms with Crippen molar-refractivity contribution in [1.82, 2.24) is 0 Å². The Morgan fingerprint density at radius 1 is 1.25 bits per heavy atom. The summed E-state index contributed by atoms with van der Waals surface area (Å²) in [5.74, 6) is 0.629. The molecule has 0 aromatic heterocycles. The van der Waals surface area contributed by atoms with Gasteiger partial charge in [-0.2, -0.15) is 0 Å². The van der Waals surface area contributed by atoms with Gasteiger partial charge in [0.1, 0.15) is 0 Å². The Hall–Kier alpha value is -0.370. The zero-order valence-electron chi connectivity index (χ0n) is 8.63. The number of ketones is 1. The molecule has 0 aliphatic heterocycles. The molecule has 0 aromatic rings. The van der Waals surface area contributed by atoms with Crippen molar-refractivity contribution in [2.24, 2.45) is 17.6 Å². The molecule has 2 nitrogen and oxygen atoms in total. The molecule has 2 heteroatoms.